The van der Waals surface area contributed by atoms with Gasteiger partial charge < -0.3 is 15.3 Å². The molecule has 0 saturated heterocycles. The Morgan fingerprint density at radius 1 is 1.38 bits per heavy atom. The zero-order chi connectivity index (χ0) is 11.5. The van der Waals surface area contributed by atoms with Crippen LogP contribution in [-0.2, 0) is 0 Å². The first-order valence-electron chi connectivity index (χ1n) is 4.68. The van der Waals surface area contributed by atoms with Gasteiger partial charge in [0.05, 0.1) is 6.20 Å². The topological polar surface area (TPSA) is 89.3 Å². The summed E-state index contributed by atoms with van der Waals surface area (Å²) >= 11 is 0. The van der Waals surface area contributed by atoms with Gasteiger partial charge in [-0.15, -0.1) is 0 Å². The Morgan fingerprint density at radius 2 is 2.06 bits per heavy atom. The van der Waals surface area contributed by atoms with Crippen LogP contribution >= 0.6 is 0 Å². The summed E-state index contributed by atoms with van der Waals surface area (Å²) < 4.78 is 5.03. The van der Waals surface area contributed by atoms with E-state index in [0.717, 1.165) is 11.8 Å². The summed E-state index contributed by atoms with van der Waals surface area (Å²) in [6, 6.07) is 8.67. The van der Waals surface area contributed by atoms with Crippen LogP contribution in [0.15, 0.2) is 40.9 Å². The van der Waals surface area contributed by atoms with Gasteiger partial charge in [-0.3, -0.25) is 0 Å². The largest absolute Gasteiger partial charge is 0.475 e. The Hall–Kier alpha value is -2.14. The number of oxazole rings is 1. The van der Waals surface area contributed by atoms with Crippen LogP contribution in [0.1, 0.15) is 28.1 Å². The van der Waals surface area contributed by atoms with Crippen molar-refractivity contribution in [2.24, 2.45) is 5.73 Å². The van der Waals surface area contributed by atoms with Crippen molar-refractivity contribution in [3.8, 4) is 0 Å². The molecule has 0 fully saturated rings. The molecule has 0 amide bonds. The highest BCUT2D eigenvalue weighted by molar-refractivity contribution is 5.83. The van der Waals surface area contributed by atoms with Crippen LogP contribution in [0.3, 0.4) is 0 Å². The Morgan fingerprint density at radius 3 is 2.62 bits per heavy atom. The van der Waals surface area contributed by atoms with Gasteiger partial charge in [0.15, 0.2) is 0 Å². The van der Waals surface area contributed by atoms with E-state index in [1.165, 1.54) is 0 Å². The number of rotatable bonds is 3. The number of hydrogen-bond acceptors (Lipinski definition) is 4. The van der Waals surface area contributed by atoms with Crippen molar-refractivity contribution >= 4 is 5.97 Å². The van der Waals surface area contributed by atoms with Gasteiger partial charge in [-0.2, -0.15) is 0 Å². The molecule has 0 saturated carbocycles. The second-order valence-electron chi connectivity index (χ2n) is 3.26. The summed E-state index contributed by atoms with van der Waals surface area (Å²) in [7, 11) is 0. The molecule has 0 aliphatic carbocycles. The van der Waals surface area contributed by atoms with Crippen molar-refractivity contribution in [1.82, 2.24) is 4.98 Å². The highest BCUT2D eigenvalue weighted by Gasteiger charge is 2.17. The minimum absolute atomic E-state index is 0.198. The standard InChI is InChI=1S/C11H10N2O3/c12-9(7-4-2-1-3-5-7)10-13-6-8(16-10)11(14)15/h1-6,9H,12H2,(H,14,15). The van der Waals surface area contributed by atoms with Crippen LogP contribution in [0.4, 0.5) is 0 Å². The zero-order valence-electron chi connectivity index (χ0n) is 8.33. The number of benzene rings is 1. The van der Waals surface area contributed by atoms with Crippen molar-refractivity contribution in [2.45, 2.75) is 6.04 Å². The maximum atomic E-state index is 10.6. The second kappa shape index (κ2) is 4.16. The van der Waals surface area contributed by atoms with Crippen LogP contribution in [0.2, 0.25) is 0 Å². The van der Waals surface area contributed by atoms with Gasteiger partial charge in [0.1, 0.15) is 6.04 Å². The first kappa shape index (κ1) is 10.4. The summed E-state index contributed by atoms with van der Waals surface area (Å²) in [6.07, 6.45) is 1.15. The van der Waals surface area contributed by atoms with E-state index in [0.29, 0.717) is 0 Å². The van der Waals surface area contributed by atoms with E-state index >= 15 is 0 Å². The lowest BCUT2D eigenvalue weighted by Crippen LogP contribution is -2.11. The average molecular weight is 218 g/mol. The van der Waals surface area contributed by atoms with E-state index in [1.54, 1.807) is 0 Å². The van der Waals surface area contributed by atoms with Crippen molar-refractivity contribution in [3.05, 3.63) is 53.7 Å². The molecule has 3 N–H and O–H groups in total. The summed E-state index contributed by atoms with van der Waals surface area (Å²) in [4.78, 5) is 14.4. The third kappa shape index (κ3) is 1.94. The molecule has 0 radical (unpaired) electrons. The van der Waals surface area contributed by atoms with Gasteiger partial charge in [0.25, 0.3) is 0 Å². The molecule has 5 heteroatoms. The molecule has 1 atom stereocenters. The van der Waals surface area contributed by atoms with Crippen LogP contribution < -0.4 is 5.73 Å². The zero-order valence-corrected chi connectivity index (χ0v) is 8.33. The third-order valence-corrected chi connectivity index (χ3v) is 2.16. The number of nitrogens with zero attached hydrogens (tertiary/aromatic N) is 1. The van der Waals surface area contributed by atoms with Gasteiger partial charge in [-0.05, 0) is 5.56 Å². The molecule has 1 heterocycles. The summed E-state index contributed by atoms with van der Waals surface area (Å²) in [5, 5.41) is 8.68. The summed E-state index contributed by atoms with van der Waals surface area (Å²) in [5.74, 6) is -1.16. The Balaban J connectivity index is 2.27. The molecule has 16 heavy (non-hydrogen) atoms. The highest BCUT2D eigenvalue weighted by Crippen LogP contribution is 2.18. The monoisotopic (exact) mass is 218 g/mol. The number of aromatic carboxylic acids is 1. The summed E-state index contributed by atoms with van der Waals surface area (Å²) in [6.45, 7) is 0. The lowest BCUT2D eigenvalue weighted by Gasteiger charge is -2.06. The third-order valence-electron chi connectivity index (χ3n) is 2.16. The predicted octanol–water partition coefficient (Wildman–Crippen LogP) is 1.42. The predicted molar refractivity (Wildman–Crippen MR) is 55.9 cm³/mol. The lowest BCUT2D eigenvalue weighted by molar-refractivity contribution is 0.0660. The van der Waals surface area contributed by atoms with E-state index < -0.39 is 12.0 Å². The minimum atomic E-state index is -1.15. The number of aromatic nitrogens is 1. The number of nitrogens with two attached hydrogens (primary N) is 1. The fourth-order valence-corrected chi connectivity index (χ4v) is 1.33. The lowest BCUT2D eigenvalue weighted by atomic mass is 10.1. The molecule has 1 aromatic carbocycles. The van der Waals surface area contributed by atoms with Gasteiger partial charge >= 0.3 is 5.97 Å². The van der Waals surface area contributed by atoms with Crippen LogP contribution in [0.25, 0.3) is 0 Å². The molecule has 0 aliphatic heterocycles. The van der Waals surface area contributed by atoms with E-state index in [9.17, 15) is 4.79 Å². The average Bonchev–Trinajstić information content (AvgIpc) is 2.78. The molecule has 82 valence electrons. The van der Waals surface area contributed by atoms with Crippen LogP contribution in [0.5, 0.6) is 0 Å². The van der Waals surface area contributed by atoms with E-state index in [2.05, 4.69) is 4.98 Å². The Bertz CT molecular complexity index is 493. The first-order valence-corrected chi connectivity index (χ1v) is 4.68. The summed E-state index contributed by atoms with van der Waals surface area (Å²) in [5.41, 5.74) is 6.70. The molecule has 5 nitrogen and oxygen atoms in total. The fraction of sp³-hybridized carbons (Fsp3) is 0.0909. The number of carboxylic acid groups (broad SMARTS) is 1. The quantitative estimate of drug-likeness (QED) is 0.813. The molecule has 0 spiro atoms. The van der Waals surface area contributed by atoms with Crippen LogP contribution in [0, 0.1) is 0 Å². The maximum Gasteiger partial charge on any atom is 0.373 e. The minimum Gasteiger partial charge on any atom is -0.475 e. The number of hydrogen-bond donors (Lipinski definition) is 2. The van der Waals surface area contributed by atoms with Crippen molar-refractivity contribution < 1.29 is 14.3 Å². The molecule has 0 aliphatic rings. The number of carboxylic acids is 1. The van der Waals surface area contributed by atoms with Gasteiger partial charge in [-0.25, -0.2) is 9.78 Å². The molecule has 2 rings (SSSR count). The van der Waals surface area contributed by atoms with Crippen molar-refractivity contribution in [1.29, 1.82) is 0 Å². The molecular weight excluding hydrogens is 208 g/mol. The van der Waals surface area contributed by atoms with E-state index in [4.69, 9.17) is 15.3 Å². The fourth-order valence-electron chi connectivity index (χ4n) is 1.33. The van der Waals surface area contributed by atoms with Gasteiger partial charge in [0, 0.05) is 0 Å². The SMILES string of the molecule is NC(c1ccccc1)c1ncc(C(=O)O)o1. The maximum absolute atomic E-state index is 10.6. The smallest absolute Gasteiger partial charge is 0.373 e. The molecule has 0 bridgehead atoms. The van der Waals surface area contributed by atoms with Gasteiger partial charge in [-0.1, -0.05) is 30.3 Å². The van der Waals surface area contributed by atoms with Crippen LogP contribution in [-0.4, -0.2) is 16.1 Å². The Kier molecular flexibility index (Phi) is 2.70. The van der Waals surface area contributed by atoms with Crippen molar-refractivity contribution in [2.75, 3.05) is 0 Å². The first-order chi connectivity index (χ1) is 7.68. The Labute approximate surface area is 91.5 Å². The van der Waals surface area contributed by atoms with E-state index in [1.807, 2.05) is 30.3 Å². The van der Waals surface area contributed by atoms with E-state index in [-0.39, 0.29) is 11.7 Å². The van der Waals surface area contributed by atoms with Crippen molar-refractivity contribution in [3.63, 3.8) is 0 Å². The molecule has 2 aromatic rings. The molecule has 1 unspecified atom stereocenters. The molecule has 1 aromatic heterocycles. The number of carbonyl (C=O) groups is 1. The normalized spacial score (nSPS) is 12.3. The second-order valence-corrected chi connectivity index (χ2v) is 3.26. The van der Waals surface area contributed by atoms with Gasteiger partial charge in [0.2, 0.25) is 11.7 Å². The molecular formula is C11H10N2O3. The highest BCUT2D eigenvalue weighted by atomic mass is 16.4.